The summed E-state index contributed by atoms with van der Waals surface area (Å²) in [6, 6.07) is -0.853. The lowest BCUT2D eigenvalue weighted by molar-refractivity contribution is -0.298. The standard InChI is InChI=1S/C60H117NO11S/c1-3-5-7-9-11-13-14-15-16-17-18-19-20-21-22-23-24-25-26-27-28-29-30-31-32-33-34-35-36-37-38-39-40-42-44-46-48-50-56(64)61-53(54(63)49-47-45-43-41-12-10-8-6-4-2)52-70-60-58(66)59(72-73(67,68)69)57(65)55(51-62)71-60/h25-26,53-55,57-60,62-63,65-66H,3-24,27-52H2,1-2H3,(H,61,64)(H,67,68,69)/b26-25-. The summed E-state index contributed by atoms with van der Waals surface area (Å²) in [4.78, 5) is 13.1. The molecule has 13 heteroatoms. The van der Waals surface area contributed by atoms with Gasteiger partial charge in [-0.25, -0.2) is 4.18 Å². The highest BCUT2D eigenvalue weighted by atomic mass is 32.3. The molecule has 1 rings (SSSR count). The molecule has 1 amide bonds. The van der Waals surface area contributed by atoms with Gasteiger partial charge in [-0.2, -0.15) is 8.42 Å². The topological polar surface area (TPSA) is 192 Å². The zero-order valence-electron chi connectivity index (χ0n) is 47.2. The molecule has 7 atom stereocenters. The van der Waals surface area contributed by atoms with Crippen LogP contribution in [0.25, 0.3) is 0 Å². The number of aliphatic hydroxyl groups excluding tert-OH is 4. The van der Waals surface area contributed by atoms with Crippen molar-refractivity contribution in [2.75, 3.05) is 13.2 Å². The van der Waals surface area contributed by atoms with Crippen LogP contribution in [0.3, 0.4) is 0 Å². The van der Waals surface area contributed by atoms with Gasteiger partial charge in [-0.3, -0.25) is 9.35 Å². The van der Waals surface area contributed by atoms with Crippen molar-refractivity contribution in [1.82, 2.24) is 5.32 Å². The number of ether oxygens (including phenoxy) is 2. The van der Waals surface area contributed by atoms with Gasteiger partial charge in [-0.05, 0) is 38.5 Å². The highest BCUT2D eigenvalue weighted by Gasteiger charge is 2.48. The second-order valence-electron chi connectivity index (χ2n) is 22.0. The molecule has 0 spiro atoms. The smallest absolute Gasteiger partial charge is 0.394 e. The van der Waals surface area contributed by atoms with Crippen molar-refractivity contribution in [3.63, 3.8) is 0 Å². The summed E-state index contributed by atoms with van der Waals surface area (Å²) in [6.07, 6.45) is 52.9. The third-order valence-electron chi connectivity index (χ3n) is 15.1. The molecule has 1 aliphatic rings. The molecule has 73 heavy (non-hydrogen) atoms. The second-order valence-corrected chi connectivity index (χ2v) is 23.0. The lowest BCUT2D eigenvalue weighted by Gasteiger charge is -2.41. The number of carbonyl (C=O) groups is 1. The Balaban J connectivity index is 2.09. The largest absolute Gasteiger partial charge is 0.397 e. The lowest BCUT2D eigenvalue weighted by atomic mass is 9.99. The first kappa shape index (κ1) is 69.9. The van der Waals surface area contributed by atoms with E-state index in [2.05, 4.69) is 35.5 Å². The Hall–Kier alpha value is -1.16. The quantitative estimate of drug-likeness (QED) is 0.0193. The zero-order valence-corrected chi connectivity index (χ0v) is 48.0. The third kappa shape index (κ3) is 42.5. The van der Waals surface area contributed by atoms with Crippen molar-refractivity contribution in [2.24, 2.45) is 0 Å². The molecular formula is C60H117NO11S. The average Bonchev–Trinajstić information content (AvgIpc) is 3.37. The molecule has 1 fully saturated rings. The number of carbonyl (C=O) groups excluding carboxylic acids is 1. The van der Waals surface area contributed by atoms with Gasteiger partial charge in [0.05, 0.1) is 25.4 Å². The Kier molecular flexibility index (Phi) is 48.2. The molecule has 6 N–H and O–H groups in total. The Labute approximate surface area is 449 Å². The predicted octanol–water partition coefficient (Wildman–Crippen LogP) is 15.0. The van der Waals surface area contributed by atoms with Crippen LogP contribution in [0.5, 0.6) is 0 Å². The molecule has 0 aromatic carbocycles. The summed E-state index contributed by atoms with van der Waals surface area (Å²) in [5, 5.41) is 44.9. The van der Waals surface area contributed by atoms with Gasteiger partial charge in [0.2, 0.25) is 5.91 Å². The Morgan fingerprint density at radius 2 is 0.877 bits per heavy atom. The van der Waals surface area contributed by atoms with Crippen molar-refractivity contribution in [3.8, 4) is 0 Å². The van der Waals surface area contributed by atoms with Gasteiger partial charge < -0.3 is 35.2 Å². The number of hydrogen-bond acceptors (Lipinski definition) is 10. The van der Waals surface area contributed by atoms with Crippen LogP contribution >= 0.6 is 0 Å². The number of unbranched alkanes of at least 4 members (excludes halogenated alkanes) is 41. The zero-order chi connectivity index (χ0) is 53.3. The Bertz CT molecular complexity index is 1340. The molecule has 0 aromatic heterocycles. The Morgan fingerprint density at radius 3 is 1.23 bits per heavy atom. The number of nitrogens with one attached hydrogen (secondary N) is 1. The molecule has 0 aliphatic carbocycles. The number of aliphatic hydroxyl groups is 4. The first-order chi connectivity index (χ1) is 35.5. The fraction of sp³-hybridized carbons (Fsp3) is 0.950. The molecule has 0 bridgehead atoms. The van der Waals surface area contributed by atoms with Crippen LogP contribution in [0, 0.1) is 0 Å². The minimum absolute atomic E-state index is 0.227. The van der Waals surface area contributed by atoms with Gasteiger partial charge in [-0.1, -0.05) is 276 Å². The molecule has 1 heterocycles. The molecule has 1 saturated heterocycles. The first-order valence-corrected chi connectivity index (χ1v) is 32.4. The predicted molar refractivity (Wildman–Crippen MR) is 301 cm³/mol. The van der Waals surface area contributed by atoms with Crippen LogP contribution in [0.4, 0.5) is 0 Å². The van der Waals surface area contributed by atoms with E-state index in [1.807, 2.05) is 0 Å². The second kappa shape index (κ2) is 50.4. The molecular weight excluding hydrogens is 943 g/mol. The highest BCUT2D eigenvalue weighted by Crippen LogP contribution is 2.26. The van der Waals surface area contributed by atoms with Crippen LogP contribution < -0.4 is 5.32 Å². The SMILES string of the molecule is CCCCCCCCCCCCCCCCCC/C=C\CCCCCCCCCCCCCCCCCCCC(=O)NC(COC1OC(CO)C(O)C(OS(=O)(=O)O)C1O)C(O)CCCCCCCCCCC. The van der Waals surface area contributed by atoms with Crippen molar-refractivity contribution in [3.05, 3.63) is 12.2 Å². The fourth-order valence-corrected chi connectivity index (χ4v) is 10.8. The van der Waals surface area contributed by atoms with Gasteiger partial charge in [-0.15, -0.1) is 0 Å². The normalized spacial score (nSPS) is 19.2. The van der Waals surface area contributed by atoms with Crippen molar-refractivity contribution in [2.45, 2.75) is 352 Å². The third-order valence-corrected chi connectivity index (χ3v) is 15.5. The van der Waals surface area contributed by atoms with Gasteiger partial charge in [0, 0.05) is 6.42 Å². The van der Waals surface area contributed by atoms with Crippen molar-refractivity contribution >= 4 is 16.3 Å². The minimum atomic E-state index is -5.07. The van der Waals surface area contributed by atoms with Gasteiger partial charge >= 0.3 is 10.4 Å². The highest BCUT2D eigenvalue weighted by molar-refractivity contribution is 7.80. The van der Waals surface area contributed by atoms with E-state index < -0.39 is 59.9 Å². The summed E-state index contributed by atoms with van der Waals surface area (Å²) in [6.45, 7) is 3.45. The molecule has 0 saturated carbocycles. The maximum atomic E-state index is 13.1. The van der Waals surface area contributed by atoms with Crippen molar-refractivity contribution < 1.29 is 51.8 Å². The monoisotopic (exact) mass is 1060 g/mol. The van der Waals surface area contributed by atoms with E-state index in [1.54, 1.807) is 0 Å². The lowest BCUT2D eigenvalue weighted by Crippen LogP contribution is -2.61. The van der Waals surface area contributed by atoms with Crippen molar-refractivity contribution in [1.29, 1.82) is 0 Å². The van der Waals surface area contributed by atoms with E-state index in [1.165, 1.54) is 231 Å². The van der Waals surface area contributed by atoms with E-state index in [9.17, 15) is 38.2 Å². The fourth-order valence-electron chi connectivity index (χ4n) is 10.3. The maximum absolute atomic E-state index is 13.1. The summed E-state index contributed by atoms with van der Waals surface area (Å²) in [5.74, 6) is -0.227. The molecule has 1 aliphatic heterocycles. The molecule has 0 aromatic rings. The van der Waals surface area contributed by atoms with E-state index in [0.717, 1.165) is 51.4 Å². The van der Waals surface area contributed by atoms with Gasteiger partial charge in [0.1, 0.15) is 24.4 Å². The van der Waals surface area contributed by atoms with Crippen LogP contribution in [0.1, 0.15) is 309 Å². The summed E-state index contributed by atoms with van der Waals surface area (Å²) >= 11 is 0. The maximum Gasteiger partial charge on any atom is 0.397 e. The summed E-state index contributed by atoms with van der Waals surface area (Å²) < 4.78 is 47.7. The molecule has 434 valence electrons. The van der Waals surface area contributed by atoms with E-state index in [4.69, 9.17) is 9.47 Å². The van der Waals surface area contributed by atoms with Gasteiger partial charge in [0.25, 0.3) is 0 Å². The van der Waals surface area contributed by atoms with Crippen LogP contribution in [0.15, 0.2) is 12.2 Å². The van der Waals surface area contributed by atoms with E-state index >= 15 is 0 Å². The number of amides is 1. The molecule has 7 unspecified atom stereocenters. The number of hydrogen-bond donors (Lipinski definition) is 6. The van der Waals surface area contributed by atoms with Gasteiger partial charge in [0.15, 0.2) is 6.29 Å². The summed E-state index contributed by atoms with van der Waals surface area (Å²) in [7, 11) is -5.07. The van der Waals surface area contributed by atoms with Crippen LogP contribution in [0.2, 0.25) is 0 Å². The molecule has 12 nitrogen and oxygen atoms in total. The van der Waals surface area contributed by atoms with Crippen LogP contribution in [-0.4, -0.2) is 95.4 Å². The average molecular weight is 1060 g/mol. The Morgan fingerprint density at radius 1 is 0.534 bits per heavy atom. The first-order valence-electron chi connectivity index (χ1n) is 31.1. The minimum Gasteiger partial charge on any atom is -0.394 e. The number of allylic oxidation sites excluding steroid dienone is 2. The van der Waals surface area contributed by atoms with Crippen LogP contribution in [-0.2, 0) is 28.9 Å². The summed E-state index contributed by atoms with van der Waals surface area (Å²) in [5.41, 5.74) is 0. The van der Waals surface area contributed by atoms with E-state index in [-0.39, 0.29) is 12.5 Å². The van der Waals surface area contributed by atoms with E-state index in [0.29, 0.717) is 12.8 Å². The molecule has 0 radical (unpaired) electrons. The number of rotatable bonds is 55.